The standard InChI is InChI=1S/C10H6ClF4N3/c11-9-16-5-18(17-9)4-6-1-2-8(12)7(3-6)10(13,14)15/h1-3,5H,4H2. The number of aromatic nitrogens is 3. The normalized spacial score (nSPS) is 11.8. The molecule has 0 atom stereocenters. The quantitative estimate of drug-likeness (QED) is 0.791. The molecule has 0 aliphatic carbocycles. The smallest absolute Gasteiger partial charge is 0.247 e. The number of nitrogens with zero attached hydrogens (tertiary/aromatic N) is 3. The molecule has 0 aliphatic heterocycles. The Labute approximate surface area is 104 Å². The largest absolute Gasteiger partial charge is 0.419 e. The summed E-state index contributed by atoms with van der Waals surface area (Å²) < 4.78 is 51.7. The number of hydrogen-bond donors (Lipinski definition) is 0. The lowest BCUT2D eigenvalue weighted by atomic mass is 10.1. The zero-order valence-electron chi connectivity index (χ0n) is 8.75. The molecular formula is C10H6ClF4N3. The third-order valence-corrected chi connectivity index (χ3v) is 2.36. The lowest BCUT2D eigenvalue weighted by Crippen LogP contribution is -2.10. The van der Waals surface area contributed by atoms with E-state index in [9.17, 15) is 17.6 Å². The highest BCUT2D eigenvalue weighted by molar-refractivity contribution is 6.28. The Bertz CT molecular complexity index is 564. The average Bonchev–Trinajstić information content (AvgIpc) is 2.65. The van der Waals surface area contributed by atoms with Gasteiger partial charge in [0.05, 0.1) is 12.1 Å². The summed E-state index contributed by atoms with van der Waals surface area (Å²) in [6.45, 7) is 0.0308. The summed E-state index contributed by atoms with van der Waals surface area (Å²) >= 11 is 5.47. The molecule has 2 aromatic rings. The Morgan fingerprint density at radius 1 is 1.28 bits per heavy atom. The van der Waals surface area contributed by atoms with Gasteiger partial charge in [0.2, 0.25) is 5.28 Å². The van der Waals surface area contributed by atoms with Crippen molar-refractivity contribution in [2.45, 2.75) is 12.7 Å². The molecule has 0 aliphatic rings. The van der Waals surface area contributed by atoms with Gasteiger partial charge in [0.1, 0.15) is 12.1 Å². The van der Waals surface area contributed by atoms with Crippen molar-refractivity contribution in [3.05, 3.63) is 46.8 Å². The fourth-order valence-corrected chi connectivity index (χ4v) is 1.56. The van der Waals surface area contributed by atoms with Gasteiger partial charge in [-0.25, -0.2) is 14.1 Å². The van der Waals surface area contributed by atoms with Crippen molar-refractivity contribution in [1.29, 1.82) is 0 Å². The minimum absolute atomic E-state index is 0.00634. The first-order valence-electron chi connectivity index (χ1n) is 4.77. The molecule has 96 valence electrons. The zero-order chi connectivity index (χ0) is 13.3. The molecule has 1 aromatic carbocycles. The van der Waals surface area contributed by atoms with Crippen LogP contribution in [0.2, 0.25) is 5.28 Å². The number of halogens is 5. The molecule has 0 unspecified atom stereocenters. The van der Waals surface area contributed by atoms with E-state index >= 15 is 0 Å². The molecule has 0 amide bonds. The summed E-state index contributed by atoms with van der Waals surface area (Å²) in [6, 6.07) is 2.77. The first-order chi connectivity index (χ1) is 8.36. The van der Waals surface area contributed by atoms with E-state index < -0.39 is 17.6 Å². The van der Waals surface area contributed by atoms with E-state index in [1.54, 1.807) is 0 Å². The number of rotatable bonds is 2. The van der Waals surface area contributed by atoms with Crippen molar-refractivity contribution >= 4 is 11.6 Å². The van der Waals surface area contributed by atoms with Crippen LogP contribution in [-0.2, 0) is 12.7 Å². The molecule has 3 nitrogen and oxygen atoms in total. The first kappa shape index (κ1) is 12.8. The zero-order valence-corrected chi connectivity index (χ0v) is 9.50. The summed E-state index contributed by atoms with van der Waals surface area (Å²) in [7, 11) is 0. The van der Waals surface area contributed by atoms with Crippen molar-refractivity contribution in [3.63, 3.8) is 0 Å². The highest BCUT2D eigenvalue weighted by Gasteiger charge is 2.34. The molecule has 0 bridgehead atoms. The van der Waals surface area contributed by atoms with Crippen molar-refractivity contribution in [2.24, 2.45) is 0 Å². The van der Waals surface area contributed by atoms with Crippen LogP contribution < -0.4 is 0 Å². The Morgan fingerprint density at radius 2 is 2.00 bits per heavy atom. The molecule has 0 saturated heterocycles. The number of benzene rings is 1. The molecule has 8 heteroatoms. The fourth-order valence-electron chi connectivity index (χ4n) is 1.42. The van der Waals surface area contributed by atoms with Crippen LogP contribution in [0.25, 0.3) is 0 Å². The van der Waals surface area contributed by atoms with Gasteiger partial charge in [-0.15, -0.1) is 5.10 Å². The van der Waals surface area contributed by atoms with E-state index in [1.807, 2.05) is 0 Å². The van der Waals surface area contributed by atoms with Gasteiger partial charge in [-0.2, -0.15) is 13.2 Å². The van der Waals surface area contributed by atoms with Gasteiger partial charge >= 0.3 is 6.18 Å². The predicted molar refractivity (Wildman–Crippen MR) is 55.5 cm³/mol. The van der Waals surface area contributed by atoms with Crippen molar-refractivity contribution < 1.29 is 17.6 Å². The van der Waals surface area contributed by atoms with Crippen LogP contribution in [0.15, 0.2) is 24.5 Å². The van der Waals surface area contributed by atoms with Gasteiger partial charge in [-0.1, -0.05) is 6.07 Å². The molecule has 0 fully saturated rings. The Kier molecular flexibility index (Phi) is 3.25. The van der Waals surface area contributed by atoms with E-state index in [2.05, 4.69) is 10.1 Å². The van der Waals surface area contributed by atoms with Crippen molar-refractivity contribution in [2.75, 3.05) is 0 Å². The molecule has 0 saturated carbocycles. The van der Waals surface area contributed by atoms with Crippen LogP contribution >= 0.6 is 11.6 Å². The van der Waals surface area contributed by atoms with E-state index in [0.29, 0.717) is 0 Å². The highest BCUT2D eigenvalue weighted by Crippen LogP contribution is 2.31. The van der Waals surface area contributed by atoms with Gasteiger partial charge < -0.3 is 0 Å². The van der Waals surface area contributed by atoms with Gasteiger partial charge in [0.25, 0.3) is 0 Å². The summed E-state index contributed by atoms with van der Waals surface area (Å²) in [4.78, 5) is 3.62. The topological polar surface area (TPSA) is 30.7 Å². The molecule has 0 spiro atoms. The molecular weight excluding hydrogens is 274 g/mol. The first-order valence-corrected chi connectivity index (χ1v) is 5.14. The SMILES string of the molecule is Fc1ccc(Cn2cnc(Cl)n2)cc1C(F)(F)F. The van der Waals surface area contributed by atoms with E-state index in [0.717, 1.165) is 12.1 Å². The van der Waals surface area contributed by atoms with Crippen LogP contribution in [0.5, 0.6) is 0 Å². The predicted octanol–water partition coefficient (Wildman–Crippen LogP) is 3.14. The third kappa shape index (κ3) is 2.79. The van der Waals surface area contributed by atoms with Crippen LogP contribution in [0.1, 0.15) is 11.1 Å². The van der Waals surface area contributed by atoms with Crippen LogP contribution in [-0.4, -0.2) is 14.8 Å². The van der Waals surface area contributed by atoms with Crippen molar-refractivity contribution in [3.8, 4) is 0 Å². The monoisotopic (exact) mass is 279 g/mol. The van der Waals surface area contributed by atoms with Gasteiger partial charge in [0, 0.05) is 0 Å². The minimum Gasteiger partial charge on any atom is -0.247 e. The van der Waals surface area contributed by atoms with Gasteiger partial charge in [-0.05, 0) is 29.3 Å². The second-order valence-corrected chi connectivity index (χ2v) is 3.86. The average molecular weight is 280 g/mol. The third-order valence-electron chi connectivity index (χ3n) is 2.19. The molecule has 0 radical (unpaired) electrons. The summed E-state index contributed by atoms with van der Waals surface area (Å²) in [5, 5.41) is 3.71. The number of alkyl halides is 3. The lowest BCUT2D eigenvalue weighted by Gasteiger charge is -2.09. The van der Waals surface area contributed by atoms with Gasteiger partial charge in [0.15, 0.2) is 0 Å². The summed E-state index contributed by atoms with van der Waals surface area (Å²) in [5.74, 6) is -1.30. The molecule has 2 rings (SSSR count). The molecule has 1 aromatic heterocycles. The second-order valence-electron chi connectivity index (χ2n) is 3.52. The second kappa shape index (κ2) is 4.56. The van der Waals surface area contributed by atoms with Crippen LogP contribution in [0, 0.1) is 5.82 Å². The van der Waals surface area contributed by atoms with Crippen LogP contribution in [0.3, 0.4) is 0 Å². The molecule has 0 N–H and O–H groups in total. The summed E-state index contributed by atoms with van der Waals surface area (Å²) in [5.41, 5.74) is -1.04. The molecule has 1 heterocycles. The maximum absolute atomic E-state index is 13.0. The molecule has 18 heavy (non-hydrogen) atoms. The maximum atomic E-state index is 13.0. The summed E-state index contributed by atoms with van der Waals surface area (Å²) in [6.07, 6.45) is -3.45. The van der Waals surface area contributed by atoms with E-state index in [1.165, 1.54) is 17.1 Å². The number of hydrogen-bond acceptors (Lipinski definition) is 2. The Hall–Kier alpha value is -1.63. The van der Waals surface area contributed by atoms with E-state index in [-0.39, 0.29) is 17.4 Å². The maximum Gasteiger partial charge on any atom is 0.419 e. The van der Waals surface area contributed by atoms with Crippen molar-refractivity contribution in [1.82, 2.24) is 14.8 Å². The minimum atomic E-state index is -4.72. The van der Waals surface area contributed by atoms with Gasteiger partial charge in [-0.3, -0.25) is 0 Å². The Morgan fingerprint density at radius 3 is 2.56 bits per heavy atom. The Balaban J connectivity index is 2.30. The van der Waals surface area contributed by atoms with E-state index in [4.69, 9.17) is 11.6 Å². The fraction of sp³-hybridized carbons (Fsp3) is 0.200. The van der Waals surface area contributed by atoms with Crippen LogP contribution in [0.4, 0.5) is 17.6 Å². The lowest BCUT2D eigenvalue weighted by molar-refractivity contribution is -0.140. The highest BCUT2D eigenvalue weighted by atomic mass is 35.5.